The zero-order chi connectivity index (χ0) is 14.7. The number of hydrogen-bond acceptors (Lipinski definition) is 3. The van der Waals surface area contributed by atoms with E-state index < -0.39 is 5.60 Å². The topological polar surface area (TPSA) is 55.5 Å². The van der Waals surface area contributed by atoms with E-state index in [0.717, 1.165) is 30.8 Å². The van der Waals surface area contributed by atoms with Gasteiger partial charge in [0.1, 0.15) is 11.4 Å². The first-order valence-electron chi connectivity index (χ1n) is 7.44. The summed E-state index contributed by atoms with van der Waals surface area (Å²) in [6.45, 7) is 1.00. The first kappa shape index (κ1) is 14.1. The number of fused-ring (bicyclic) bond motifs is 1. The minimum atomic E-state index is -0.962. The predicted octanol–water partition coefficient (Wildman–Crippen LogP) is 2.40. The standard InChI is InChI=1S/C18H21NO2/c19-13-18(20,16-4-2-1-3-5-16)10-8-14-6-7-17-15(12-14)9-11-21-17/h1-7,12,20H,8-11,13,19H2. The molecule has 3 N–H and O–H groups in total. The lowest BCUT2D eigenvalue weighted by molar-refractivity contribution is 0.0370. The molecule has 1 aliphatic heterocycles. The van der Waals surface area contributed by atoms with Crippen LogP contribution in [0.4, 0.5) is 0 Å². The second-order valence-electron chi connectivity index (χ2n) is 5.64. The molecule has 1 atom stereocenters. The molecule has 0 aromatic heterocycles. The van der Waals surface area contributed by atoms with Crippen molar-refractivity contribution in [2.24, 2.45) is 5.73 Å². The van der Waals surface area contributed by atoms with Crippen molar-refractivity contribution in [3.05, 3.63) is 65.2 Å². The van der Waals surface area contributed by atoms with Crippen molar-refractivity contribution in [1.29, 1.82) is 0 Å². The maximum Gasteiger partial charge on any atom is 0.122 e. The molecule has 0 radical (unpaired) electrons. The highest BCUT2D eigenvalue weighted by Crippen LogP contribution is 2.29. The number of ether oxygens (including phenoxy) is 1. The van der Waals surface area contributed by atoms with E-state index in [-0.39, 0.29) is 6.54 Å². The quantitative estimate of drug-likeness (QED) is 0.886. The third kappa shape index (κ3) is 2.94. The van der Waals surface area contributed by atoms with Gasteiger partial charge in [-0.15, -0.1) is 0 Å². The Morgan fingerprint density at radius 3 is 2.71 bits per heavy atom. The van der Waals surface area contributed by atoms with Crippen LogP contribution in [0.2, 0.25) is 0 Å². The number of benzene rings is 2. The third-order valence-electron chi connectivity index (χ3n) is 4.23. The van der Waals surface area contributed by atoms with Crippen LogP contribution in [0.5, 0.6) is 5.75 Å². The molecule has 0 aliphatic carbocycles. The lowest BCUT2D eigenvalue weighted by Gasteiger charge is -2.27. The average Bonchev–Trinajstić information content (AvgIpc) is 3.01. The summed E-state index contributed by atoms with van der Waals surface area (Å²) in [6.07, 6.45) is 2.39. The molecule has 0 saturated heterocycles. The van der Waals surface area contributed by atoms with Gasteiger partial charge in [-0.3, -0.25) is 0 Å². The Morgan fingerprint density at radius 2 is 1.95 bits per heavy atom. The molecule has 2 aromatic carbocycles. The third-order valence-corrected chi connectivity index (χ3v) is 4.23. The van der Waals surface area contributed by atoms with Crippen molar-refractivity contribution in [1.82, 2.24) is 0 Å². The highest BCUT2D eigenvalue weighted by Gasteiger charge is 2.27. The Bertz CT molecular complexity index is 612. The van der Waals surface area contributed by atoms with Crippen molar-refractivity contribution in [3.8, 4) is 5.75 Å². The van der Waals surface area contributed by atoms with E-state index in [4.69, 9.17) is 10.5 Å². The number of hydrogen-bond donors (Lipinski definition) is 2. The molecule has 0 bridgehead atoms. The maximum atomic E-state index is 10.8. The Hall–Kier alpha value is -1.84. The lowest BCUT2D eigenvalue weighted by atomic mass is 9.87. The number of rotatable bonds is 5. The molecule has 0 fully saturated rings. The molecule has 110 valence electrons. The maximum absolute atomic E-state index is 10.8. The van der Waals surface area contributed by atoms with Crippen molar-refractivity contribution < 1.29 is 9.84 Å². The van der Waals surface area contributed by atoms with Gasteiger partial charge in [-0.25, -0.2) is 0 Å². The van der Waals surface area contributed by atoms with E-state index in [0.29, 0.717) is 6.42 Å². The zero-order valence-corrected chi connectivity index (χ0v) is 12.1. The predicted molar refractivity (Wildman–Crippen MR) is 83.4 cm³/mol. The van der Waals surface area contributed by atoms with E-state index in [1.807, 2.05) is 36.4 Å². The molecule has 3 heteroatoms. The van der Waals surface area contributed by atoms with Gasteiger partial charge in [-0.1, -0.05) is 42.5 Å². The monoisotopic (exact) mass is 283 g/mol. The molecule has 0 amide bonds. The van der Waals surface area contributed by atoms with Gasteiger partial charge >= 0.3 is 0 Å². The summed E-state index contributed by atoms with van der Waals surface area (Å²) in [5.41, 5.74) is 8.24. The average molecular weight is 283 g/mol. The summed E-state index contributed by atoms with van der Waals surface area (Å²) in [7, 11) is 0. The van der Waals surface area contributed by atoms with Crippen LogP contribution in [0.25, 0.3) is 0 Å². The van der Waals surface area contributed by atoms with Crippen molar-refractivity contribution in [2.75, 3.05) is 13.2 Å². The molecule has 21 heavy (non-hydrogen) atoms. The zero-order valence-electron chi connectivity index (χ0n) is 12.1. The Balaban J connectivity index is 1.73. The van der Waals surface area contributed by atoms with Crippen molar-refractivity contribution >= 4 is 0 Å². The minimum Gasteiger partial charge on any atom is -0.493 e. The van der Waals surface area contributed by atoms with Crippen LogP contribution in [0.3, 0.4) is 0 Å². The van der Waals surface area contributed by atoms with Crippen LogP contribution in [-0.2, 0) is 18.4 Å². The van der Waals surface area contributed by atoms with Gasteiger partial charge in [0.05, 0.1) is 6.61 Å². The summed E-state index contributed by atoms with van der Waals surface area (Å²) in [5.74, 6) is 0.996. The molecule has 2 aromatic rings. The summed E-state index contributed by atoms with van der Waals surface area (Å²) >= 11 is 0. The Labute approximate surface area is 125 Å². The Kier molecular flexibility index (Phi) is 3.95. The van der Waals surface area contributed by atoms with E-state index in [1.165, 1.54) is 11.1 Å². The van der Waals surface area contributed by atoms with E-state index >= 15 is 0 Å². The van der Waals surface area contributed by atoms with Crippen molar-refractivity contribution in [3.63, 3.8) is 0 Å². The molecule has 3 rings (SSSR count). The van der Waals surface area contributed by atoms with Crippen molar-refractivity contribution in [2.45, 2.75) is 24.9 Å². The summed E-state index contributed by atoms with van der Waals surface area (Å²) < 4.78 is 5.52. The fraction of sp³-hybridized carbons (Fsp3) is 0.333. The number of aliphatic hydroxyl groups is 1. The summed E-state index contributed by atoms with van der Waals surface area (Å²) in [6, 6.07) is 16.0. The van der Waals surface area contributed by atoms with Crippen LogP contribution in [0, 0.1) is 0 Å². The summed E-state index contributed by atoms with van der Waals surface area (Å²) in [4.78, 5) is 0. The van der Waals surface area contributed by atoms with E-state index in [1.54, 1.807) is 0 Å². The highest BCUT2D eigenvalue weighted by molar-refractivity contribution is 5.40. The van der Waals surface area contributed by atoms with E-state index in [9.17, 15) is 5.11 Å². The van der Waals surface area contributed by atoms with Gasteiger partial charge in [0.2, 0.25) is 0 Å². The van der Waals surface area contributed by atoms with Gasteiger partial charge in [0.25, 0.3) is 0 Å². The number of aryl methyl sites for hydroxylation is 1. The highest BCUT2D eigenvalue weighted by atomic mass is 16.5. The Morgan fingerprint density at radius 1 is 1.14 bits per heavy atom. The molecule has 1 unspecified atom stereocenters. The second-order valence-corrected chi connectivity index (χ2v) is 5.64. The molecule has 0 spiro atoms. The molecule has 1 aliphatic rings. The van der Waals surface area contributed by atoms with Gasteiger partial charge in [-0.05, 0) is 35.6 Å². The molecule has 0 saturated carbocycles. The normalized spacial score (nSPS) is 16.1. The molecular weight excluding hydrogens is 262 g/mol. The van der Waals surface area contributed by atoms with Crippen LogP contribution in [0.15, 0.2) is 48.5 Å². The summed E-state index contributed by atoms with van der Waals surface area (Å²) in [5, 5.41) is 10.8. The van der Waals surface area contributed by atoms with Crippen LogP contribution < -0.4 is 10.5 Å². The van der Waals surface area contributed by atoms with Crippen LogP contribution in [-0.4, -0.2) is 18.3 Å². The fourth-order valence-electron chi connectivity index (χ4n) is 2.86. The van der Waals surface area contributed by atoms with Gasteiger partial charge in [0, 0.05) is 13.0 Å². The fourth-order valence-corrected chi connectivity index (χ4v) is 2.86. The minimum absolute atomic E-state index is 0.227. The first-order valence-corrected chi connectivity index (χ1v) is 7.44. The van der Waals surface area contributed by atoms with Crippen LogP contribution >= 0.6 is 0 Å². The van der Waals surface area contributed by atoms with Gasteiger partial charge < -0.3 is 15.6 Å². The number of nitrogens with two attached hydrogens (primary N) is 1. The van der Waals surface area contributed by atoms with Gasteiger partial charge in [0.15, 0.2) is 0 Å². The first-order chi connectivity index (χ1) is 10.2. The second kappa shape index (κ2) is 5.88. The SMILES string of the molecule is NCC(O)(CCc1ccc2c(c1)CCO2)c1ccccc1. The van der Waals surface area contributed by atoms with Crippen LogP contribution in [0.1, 0.15) is 23.1 Å². The lowest BCUT2D eigenvalue weighted by Crippen LogP contribution is -2.35. The largest absolute Gasteiger partial charge is 0.493 e. The molecule has 1 heterocycles. The molecule has 3 nitrogen and oxygen atoms in total. The molecular formula is C18H21NO2. The van der Waals surface area contributed by atoms with E-state index in [2.05, 4.69) is 12.1 Å². The van der Waals surface area contributed by atoms with Gasteiger partial charge in [-0.2, -0.15) is 0 Å². The smallest absolute Gasteiger partial charge is 0.122 e.